The first-order valence-corrected chi connectivity index (χ1v) is 9.57. The second-order valence-corrected chi connectivity index (χ2v) is 7.66. The van der Waals surface area contributed by atoms with Gasteiger partial charge in [0.15, 0.2) is 0 Å². The van der Waals surface area contributed by atoms with Crippen LogP contribution in [0.5, 0.6) is 0 Å². The predicted octanol–water partition coefficient (Wildman–Crippen LogP) is 3.68. The Morgan fingerprint density at radius 1 is 1.08 bits per heavy atom. The lowest BCUT2D eigenvalue weighted by Crippen LogP contribution is -2.49. The number of carbonyl (C=O) groups is 1. The van der Waals surface area contributed by atoms with E-state index in [0.29, 0.717) is 18.8 Å². The van der Waals surface area contributed by atoms with Crippen LogP contribution in [0.25, 0.3) is 5.65 Å². The summed E-state index contributed by atoms with van der Waals surface area (Å²) >= 11 is 3.48. The van der Waals surface area contributed by atoms with Crippen molar-refractivity contribution in [1.29, 1.82) is 0 Å². The number of benzene rings is 1. The van der Waals surface area contributed by atoms with Crippen LogP contribution in [0.4, 0.5) is 5.69 Å². The van der Waals surface area contributed by atoms with Crippen LogP contribution in [0, 0.1) is 13.8 Å². The van der Waals surface area contributed by atoms with E-state index in [-0.39, 0.29) is 5.91 Å². The van der Waals surface area contributed by atoms with Gasteiger partial charge in [0.1, 0.15) is 11.3 Å². The summed E-state index contributed by atoms with van der Waals surface area (Å²) in [6.07, 6.45) is 1.91. The van der Waals surface area contributed by atoms with E-state index in [0.717, 1.165) is 28.9 Å². The number of carbonyl (C=O) groups excluding carboxylic acids is 1. The Morgan fingerprint density at radius 2 is 1.85 bits per heavy atom. The molecular weight excluding hydrogens is 392 g/mol. The third kappa shape index (κ3) is 3.09. The molecule has 5 nitrogen and oxygen atoms in total. The summed E-state index contributed by atoms with van der Waals surface area (Å²) in [4.78, 5) is 21.9. The number of anilines is 1. The van der Waals surface area contributed by atoms with E-state index in [4.69, 9.17) is 0 Å². The number of hydrogen-bond acceptors (Lipinski definition) is 3. The van der Waals surface area contributed by atoms with E-state index in [1.807, 2.05) is 34.6 Å². The lowest BCUT2D eigenvalue weighted by Gasteiger charge is -2.36. The van der Waals surface area contributed by atoms with Gasteiger partial charge in [-0.1, -0.05) is 12.1 Å². The average molecular weight is 413 g/mol. The third-order valence-electron chi connectivity index (χ3n) is 4.89. The summed E-state index contributed by atoms with van der Waals surface area (Å²) in [5.74, 6) is 0.0528. The molecule has 6 heteroatoms. The van der Waals surface area contributed by atoms with Crippen LogP contribution >= 0.6 is 15.9 Å². The Kier molecular flexibility index (Phi) is 4.44. The summed E-state index contributed by atoms with van der Waals surface area (Å²) in [5, 5.41) is 0. The summed E-state index contributed by atoms with van der Waals surface area (Å²) < 4.78 is 2.81. The molecule has 0 aliphatic carbocycles. The van der Waals surface area contributed by atoms with Gasteiger partial charge in [0, 0.05) is 42.5 Å². The summed E-state index contributed by atoms with van der Waals surface area (Å²) in [6.45, 7) is 7.12. The van der Waals surface area contributed by atoms with E-state index in [1.54, 1.807) is 0 Å². The molecule has 0 saturated carbocycles. The lowest BCUT2D eigenvalue weighted by atomic mass is 10.2. The van der Waals surface area contributed by atoms with Crippen molar-refractivity contribution >= 4 is 33.2 Å². The monoisotopic (exact) mass is 412 g/mol. The van der Waals surface area contributed by atoms with Crippen LogP contribution in [-0.4, -0.2) is 46.4 Å². The Balaban J connectivity index is 1.54. The second-order valence-electron chi connectivity index (χ2n) is 6.74. The van der Waals surface area contributed by atoms with Crippen molar-refractivity contribution in [2.45, 2.75) is 13.8 Å². The standard InChI is InChI=1S/C20H21BrN4O/c1-14-4-3-5-17(12-14)23-8-10-24(11-9-23)20(26)19-15(2)22-18-7-6-16(21)13-25(18)19/h3-7,12-13H,8-11H2,1-2H3. The van der Waals surface area contributed by atoms with E-state index in [1.165, 1.54) is 11.3 Å². The molecule has 1 aromatic carbocycles. The highest BCUT2D eigenvalue weighted by Gasteiger charge is 2.26. The van der Waals surface area contributed by atoms with Crippen molar-refractivity contribution in [2.24, 2.45) is 0 Å². The van der Waals surface area contributed by atoms with Crippen LogP contribution in [0.2, 0.25) is 0 Å². The minimum Gasteiger partial charge on any atom is -0.368 e. The molecule has 0 radical (unpaired) electrons. The topological polar surface area (TPSA) is 40.8 Å². The maximum Gasteiger partial charge on any atom is 0.272 e. The van der Waals surface area contributed by atoms with Gasteiger partial charge in [0.2, 0.25) is 0 Å². The number of fused-ring (bicyclic) bond motifs is 1. The molecule has 3 heterocycles. The first kappa shape index (κ1) is 17.1. The molecule has 2 aromatic heterocycles. The van der Waals surface area contributed by atoms with E-state index >= 15 is 0 Å². The fraction of sp³-hybridized carbons (Fsp3) is 0.300. The zero-order valence-electron chi connectivity index (χ0n) is 14.9. The van der Waals surface area contributed by atoms with E-state index in [9.17, 15) is 4.79 Å². The number of nitrogens with zero attached hydrogens (tertiary/aromatic N) is 4. The van der Waals surface area contributed by atoms with Crippen molar-refractivity contribution in [1.82, 2.24) is 14.3 Å². The highest BCUT2D eigenvalue weighted by Crippen LogP contribution is 2.21. The van der Waals surface area contributed by atoms with Crippen LogP contribution in [0.15, 0.2) is 47.1 Å². The number of halogens is 1. The van der Waals surface area contributed by atoms with Crippen molar-refractivity contribution in [3.63, 3.8) is 0 Å². The van der Waals surface area contributed by atoms with E-state index < -0.39 is 0 Å². The zero-order chi connectivity index (χ0) is 18.3. The van der Waals surface area contributed by atoms with Crippen molar-refractivity contribution in [3.8, 4) is 0 Å². The smallest absolute Gasteiger partial charge is 0.272 e. The number of pyridine rings is 1. The number of piperazine rings is 1. The molecule has 0 unspecified atom stereocenters. The van der Waals surface area contributed by atoms with Crippen LogP contribution in [0.1, 0.15) is 21.7 Å². The van der Waals surface area contributed by atoms with Gasteiger partial charge < -0.3 is 9.80 Å². The second kappa shape index (κ2) is 6.76. The highest BCUT2D eigenvalue weighted by molar-refractivity contribution is 9.10. The van der Waals surface area contributed by atoms with Crippen molar-refractivity contribution in [3.05, 3.63) is 64.0 Å². The Hall–Kier alpha value is -2.34. The van der Waals surface area contributed by atoms with E-state index in [2.05, 4.69) is 57.0 Å². The lowest BCUT2D eigenvalue weighted by molar-refractivity contribution is 0.0739. The molecule has 0 spiro atoms. The SMILES string of the molecule is Cc1cccc(N2CCN(C(=O)c3c(C)nc4ccc(Br)cn34)CC2)c1. The largest absolute Gasteiger partial charge is 0.368 e. The normalized spacial score (nSPS) is 14.9. The highest BCUT2D eigenvalue weighted by atomic mass is 79.9. The molecule has 0 atom stereocenters. The summed E-state index contributed by atoms with van der Waals surface area (Å²) in [5.41, 5.74) is 4.71. The maximum absolute atomic E-state index is 13.1. The van der Waals surface area contributed by atoms with Crippen LogP contribution in [-0.2, 0) is 0 Å². The van der Waals surface area contributed by atoms with Gasteiger partial charge in [-0.2, -0.15) is 0 Å². The van der Waals surface area contributed by atoms with Gasteiger partial charge in [0.25, 0.3) is 5.91 Å². The maximum atomic E-state index is 13.1. The summed E-state index contributed by atoms with van der Waals surface area (Å²) in [6, 6.07) is 12.4. The number of rotatable bonds is 2. The molecule has 4 rings (SSSR count). The number of amides is 1. The Morgan fingerprint density at radius 3 is 2.58 bits per heavy atom. The van der Waals surface area contributed by atoms with Gasteiger partial charge in [0.05, 0.1) is 5.69 Å². The van der Waals surface area contributed by atoms with Gasteiger partial charge in [-0.25, -0.2) is 4.98 Å². The fourth-order valence-corrected chi connectivity index (χ4v) is 3.87. The van der Waals surface area contributed by atoms with Crippen molar-refractivity contribution < 1.29 is 4.79 Å². The zero-order valence-corrected chi connectivity index (χ0v) is 16.5. The fourth-order valence-electron chi connectivity index (χ4n) is 3.54. The average Bonchev–Trinajstić information content (AvgIpc) is 2.96. The molecule has 26 heavy (non-hydrogen) atoms. The van der Waals surface area contributed by atoms with Crippen LogP contribution < -0.4 is 4.90 Å². The number of hydrogen-bond donors (Lipinski definition) is 0. The molecule has 1 saturated heterocycles. The van der Waals surface area contributed by atoms with Gasteiger partial charge in [-0.05, 0) is 59.6 Å². The minimum atomic E-state index is 0.0528. The Bertz CT molecular complexity index is 973. The molecule has 1 aliphatic rings. The van der Waals surface area contributed by atoms with Gasteiger partial charge >= 0.3 is 0 Å². The predicted molar refractivity (Wildman–Crippen MR) is 107 cm³/mol. The minimum absolute atomic E-state index is 0.0528. The molecular formula is C20H21BrN4O. The van der Waals surface area contributed by atoms with Gasteiger partial charge in [-0.15, -0.1) is 0 Å². The van der Waals surface area contributed by atoms with Gasteiger partial charge in [-0.3, -0.25) is 9.20 Å². The first-order chi connectivity index (χ1) is 12.5. The summed E-state index contributed by atoms with van der Waals surface area (Å²) in [7, 11) is 0. The number of imidazole rings is 1. The molecule has 0 N–H and O–H groups in total. The molecule has 134 valence electrons. The molecule has 1 amide bonds. The number of aryl methyl sites for hydroxylation is 2. The molecule has 1 aliphatic heterocycles. The molecule has 1 fully saturated rings. The molecule has 0 bridgehead atoms. The first-order valence-electron chi connectivity index (χ1n) is 8.78. The number of aromatic nitrogens is 2. The third-order valence-corrected chi connectivity index (χ3v) is 5.36. The van der Waals surface area contributed by atoms with Crippen molar-refractivity contribution in [2.75, 3.05) is 31.1 Å². The molecule has 3 aromatic rings. The quantitative estimate of drug-likeness (QED) is 0.644. The Labute approximate surface area is 161 Å². The van der Waals surface area contributed by atoms with Crippen LogP contribution in [0.3, 0.4) is 0 Å².